The second-order valence-corrected chi connectivity index (χ2v) is 6.86. The summed E-state index contributed by atoms with van der Waals surface area (Å²) in [6.45, 7) is 1.63. The summed E-state index contributed by atoms with van der Waals surface area (Å²) in [5, 5.41) is 8.00. The lowest BCUT2D eigenvalue weighted by Gasteiger charge is -2.07. The summed E-state index contributed by atoms with van der Waals surface area (Å²) in [7, 11) is 0. The van der Waals surface area contributed by atoms with Gasteiger partial charge in [0.2, 0.25) is 5.89 Å². The molecule has 0 unspecified atom stereocenters. The lowest BCUT2D eigenvalue weighted by Crippen LogP contribution is -2.14. The van der Waals surface area contributed by atoms with Crippen LogP contribution in [0.2, 0.25) is 5.02 Å². The summed E-state index contributed by atoms with van der Waals surface area (Å²) in [6.07, 6.45) is 0. The second kappa shape index (κ2) is 7.33. The van der Waals surface area contributed by atoms with E-state index in [1.54, 1.807) is 31.2 Å². The van der Waals surface area contributed by atoms with E-state index in [4.69, 9.17) is 16.0 Å². The monoisotopic (exact) mass is 380 g/mol. The number of halogens is 3. The number of aromatic nitrogens is 2. The summed E-state index contributed by atoms with van der Waals surface area (Å²) in [5.74, 6) is -2.13. The minimum atomic E-state index is -1.06. The molecule has 3 aromatic rings. The minimum absolute atomic E-state index is 0.0799. The molecule has 1 atom stereocenters. The van der Waals surface area contributed by atoms with Crippen LogP contribution in [0.25, 0.3) is 11.5 Å². The molecule has 25 heavy (non-hydrogen) atoms. The maximum absolute atomic E-state index is 13.3. The molecule has 0 aliphatic carbocycles. The number of carbonyl (C=O) groups is 1. The normalized spacial score (nSPS) is 12.2. The zero-order valence-electron chi connectivity index (χ0n) is 12.9. The average molecular weight is 381 g/mol. The molecule has 0 radical (unpaired) electrons. The molecule has 0 spiro atoms. The summed E-state index contributed by atoms with van der Waals surface area (Å²) in [5.41, 5.74) is 0.777. The van der Waals surface area contributed by atoms with Crippen molar-refractivity contribution in [1.29, 1.82) is 0 Å². The Morgan fingerprint density at radius 2 is 1.84 bits per heavy atom. The first-order valence-electron chi connectivity index (χ1n) is 7.19. The molecule has 0 amide bonds. The Morgan fingerprint density at radius 3 is 2.52 bits per heavy atom. The van der Waals surface area contributed by atoms with Crippen molar-refractivity contribution in [2.45, 2.75) is 17.4 Å². The fourth-order valence-electron chi connectivity index (χ4n) is 2.06. The molecule has 0 bridgehead atoms. The summed E-state index contributed by atoms with van der Waals surface area (Å²) in [6, 6.07) is 9.91. The largest absolute Gasteiger partial charge is 0.411 e. The Labute approximate surface area is 151 Å². The van der Waals surface area contributed by atoms with Crippen molar-refractivity contribution >= 4 is 29.1 Å². The van der Waals surface area contributed by atoms with E-state index in [1.165, 1.54) is 6.07 Å². The van der Waals surface area contributed by atoms with Crippen molar-refractivity contribution < 1.29 is 18.0 Å². The second-order valence-electron chi connectivity index (χ2n) is 5.13. The van der Waals surface area contributed by atoms with Crippen molar-refractivity contribution in [2.24, 2.45) is 0 Å². The van der Waals surface area contributed by atoms with Crippen LogP contribution in [0.5, 0.6) is 0 Å². The van der Waals surface area contributed by atoms with Crippen LogP contribution < -0.4 is 0 Å². The molecule has 0 N–H and O–H groups in total. The van der Waals surface area contributed by atoms with Crippen LogP contribution in [0.3, 0.4) is 0 Å². The number of hydrogen-bond acceptors (Lipinski definition) is 5. The third kappa shape index (κ3) is 4.05. The molecule has 0 aliphatic heterocycles. The van der Waals surface area contributed by atoms with E-state index in [9.17, 15) is 13.6 Å². The molecule has 128 valence electrons. The van der Waals surface area contributed by atoms with Gasteiger partial charge in [-0.2, -0.15) is 0 Å². The van der Waals surface area contributed by atoms with Gasteiger partial charge in [-0.1, -0.05) is 23.4 Å². The minimum Gasteiger partial charge on any atom is -0.411 e. The van der Waals surface area contributed by atoms with Crippen LogP contribution in [0.1, 0.15) is 17.3 Å². The lowest BCUT2D eigenvalue weighted by atomic mass is 10.1. The van der Waals surface area contributed by atoms with Crippen molar-refractivity contribution in [1.82, 2.24) is 10.2 Å². The molecule has 0 saturated heterocycles. The number of benzene rings is 2. The number of ketones is 1. The molecular weight excluding hydrogens is 370 g/mol. The average Bonchev–Trinajstić information content (AvgIpc) is 3.05. The Kier molecular flexibility index (Phi) is 5.15. The zero-order chi connectivity index (χ0) is 18.0. The number of rotatable bonds is 5. The third-order valence-electron chi connectivity index (χ3n) is 3.35. The van der Waals surface area contributed by atoms with E-state index < -0.39 is 16.9 Å². The molecular formula is C17H11ClF2N2O2S. The molecule has 1 aromatic heterocycles. The number of Topliss-reactive ketones (excluding diaryl/α,β-unsaturated/α-hetero) is 1. The van der Waals surface area contributed by atoms with Crippen molar-refractivity contribution in [3.8, 4) is 11.5 Å². The first-order valence-corrected chi connectivity index (χ1v) is 8.45. The predicted octanol–water partition coefficient (Wildman–Crippen LogP) is 5.03. The van der Waals surface area contributed by atoms with Gasteiger partial charge in [0.05, 0.1) is 5.25 Å². The van der Waals surface area contributed by atoms with Gasteiger partial charge in [0, 0.05) is 16.1 Å². The van der Waals surface area contributed by atoms with Gasteiger partial charge in [0.1, 0.15) is 0 Å². The van der Waals surface area contributed by atoms with E-state index in [2.05, 4.69) is 10.2 Å². The van der Waals surface area contributed by atoms with Gasteiger partial charge in [-0.25, -0.2) is 8.78 Å². The summed E-state index contributed by atoms with van der Waals surface area (Å²) in [4.78, 5) is 12.3. The quantitative estimate of drug-likeness (QED) is 0.459. The SMILES string of the molecule is C[C@H](Sc1nnc(-c2ccc(Cl)cc2)o1)C(=O)c1ccc(F)c(F)c1. The van der Waals surface area contributed by atoms with Gasteiger partial charge in [-0.05, 0) is 49.4 Å². The van der Waals surface area contributed by atoms with Crippen LogP contribution >= 0.6 is 23.4 Å². The number of nitrogens with zero attached hydrogens (tertiary/aromatic N) is 2. The first kappa shape index (κ1) is 17.6. The Balaban J connectivity index is 1.72. The maximum atomic E-state index is 13.3. The van der Waals surface area contributed by atoms with Crippen LogP contribution in [0.4, 0.5) is 8.78 Å². The van der Waals surface area contributed by atoms with Gasteiger partial charge in [-0.3, -0.25) is 4.79 Å². The predicted molar refractivity (Wildman–Crippen MR) is 90.8 cm³/mol. The Morgan fingerprint density at radius 1 is 1.12 bits per heavy atom. The molecule has 1 heterocycles. The van der Waals surface area contributed by atoms with Gasteiger partial charge >= 0.3 is 0 Å². The number of thioether (sulfide) groups is 1. The maximum Gasteiger partial charge on any atom is 0.277 e. The molecule has 8 heteroatoms. The van der Waals surface area contributed by atoms with Crippen LogP contribution in [-0.4, -0.2) is 21.2 Å². The Hall–Kier alpha value is -2.25. The standard InChI is InChI=1S/C17H11ClF2N2O2S/c1-9(15(23)11-4-7-13(19)14(20)8-11)25-17-22-21-16(24-17)10-2-5-12(18)6-3-10/h2-9H,1H3/t9-/m0/s1. The first-order chi connectivity index (χ1) is 11.9. The number of carbonyl (C=O) groups excluding carboxylic acids is 1. The molecule has 0 saturated carbocycles. The Bertz CT molecular complexity index is 915. The third-order valence-corrected chi connectivity index (χ3v) is 4.53. The van der Waals surface area contributed by atoms with E-state index >= 15 is 0 Å². The van der Waals surface area contributed by atoms with Crippen LogP contribution in [-0.2, 0) is 0 Å². The fourth-order valence-corrected chi connectivity index (χ4v) is 2.94. The van der Waals surface area contributed by atoms with E-state index in [0.29, 0.717) is 16.5 Å². The molecule has 0 fully saturated rings. The van der Waals surface area contributed by atoms with E-state index in [1.807, 2.05) is 0 Å². The van der Waals surface area contributed by atoms with E-state index in [-0.39, 0.29) is 16.6 Å². The molecule has 4 nitrogen and oxygen atoms in total. The lowest BCUT2D eigenvalue weighted by molar-refractivity contribution is 0.0993. The highest BCUT2D eigenvalue weighted by Crippen LogP contribution is 2.28. The smallest absolute Gasteiger partial charge is 0.277 e. The highest BCUT2D eigenvalue weighted by atomic mass is 35.5. The van der Waals surface area contributed by atoms with Crippen molar-refractivity contribution in [2.75, 3.05) is 0 Å². The number of hydrogen-bond donors (Lipinski definition) is 0. The van der Waals surface area contributed by atoms with Gasteiger partial charge in [-0.15, -0.1) is 10.2 Å². The van der Waals surface area contributed by atoms with Crippen LogP contribution in [0, 0.1) is 11.6 Å². The zero-order valence-corrected chi connectivity index (χ0v) is 14.4. The molecule has 2 aromatic carbocycles. The highest BCUT2D eigenvalue weighted by molar-refractivity contribution is 8.00. The van der Waals surface area contributed by atoms with Gasteiger partial charge in [0.15, 0.2) is 17.4 Å². The summed E-state index contributed by atoms with van der Waals surface area (Å²) >= 11 is 6.87. The van der Waals surface area contributed by atoms with Crippen molar-refractivity contribution in [3.63, 3.8) is 0 Å². The molecule has 0 aliphatic rings. The van der Waals surface area contributed by atoms with Crippen LogP contribution in [0.15, 0.2) is 52.1 Å². The van der Waals surface area contributed by atoms with Crippen molar-refractivity contribution in [3.05, 3.63) is 64.7 Å². The topological polar surface area (TPSA) is 56.0 Å². The molecule has 3 rings (SSSR count). The van der Waals surface area contributed by atoms with E-state index in [0.717, 1.165) is 23.9 Å². The summed E-state index contributed by atoms with van der Waals surface area (Å²) < 4.78 is 31.8. The highest BCUT2D eigenvalue weighted by Gasteiger charge is 2.21. The fraction of sp³-hybridized carbons (Fsp3) is 0.118. The van der Waals surface area contributed by atoms with Gasteiger partial charge < -0.3 is 4.42 Å². The van der Waals surface area contributed by atoms with Gasteiger partial charge in [0.25, 0.3) is 5.22 Å².